The van der Waals surface area contributed by atoms with Crippen LogP contribution in [0.1, 0.15) is 24.2 Å². The van der Waals surface area contributed by atoms with Crippen LogP contribution in [-0.4, -0.2) is 40.1 Å². The van der Waals surface area contributed by atoms with Crippen LogP contribution >= 0.6 is 0 Å². The number of aliphatic hydroxyl groups is 1. The van der Waals surface area contributed by atoms with Crippen molar-refractivity contribution in [1.29, 1.82) is 0 Å². The van der Waals surface area contributed by atoms with Gasteiger partial charge in [-0.05, 0) is 26.0 Å². The van der Waals surface area contributed by atoms with Gasteiger partial charge in [-0.25, -0.2) is 4.98 Å². The molecule has 0 saturated carbocycles. The van der Waals surface area contributed by atoms with E-state index in [0.29, 0.717) is 23.4 Å². The Morgan fingerprint density at radius 1 is 1.40 bits per heavy atom. The summed E-state index contributed by atoms with van der Waals surface area (Å²) in [5.74, 6) is 0.180. The molecule has 0 spiro atoms. The van der Waals surface area contributed by atoms with Gasteiger partial charge in [-0.1, -0.05) is 18.2 Å². The fourth-order valence-corrected chi connectivity index (χ4v) is 2.23. The van der Waals surface area contributed by atoms with E-state index >= 15 is 0 Å². The Kier molecular flexibility index (Phi) is 4.20. The Hall–Kier alpha value is -2.14. The van der Waals surface area contributed by atoms with E-state index in [1.54, 1.807) is 11.0 Å². The van der Waals surface area contributed by atoms with Crippen molar-refractivity contribution in [3.63, 3.8) is 0 Å². The van der Waals surface area contributed by atoms with E-state index in [1.165, 1.54) is 0 Å². The first-order valence-corrected chi connectivity index (χ1v) is 6.61. The monoisotopic (exact) mass is 273 g/mol. The fourth-order valence-electron chi connectivity index (χ4n) is 2.23. The van der Waals surface area contributed by atoms with E-state index in [9.17, 15) is 4.79 Å². The zero-order chi connectivity index (χ0) is 14.7. The number of aliphatic hydroxyl groups excluding tert-OH is 1. The Morgan fingerprint density at radius 2 is 2.10 bits per heavy atom. The Balaban J connectivity index is 2.53. The molecule has 1 aromatic heterocycles. The van der Waals surface area contributed by atoms with Crippen LogP contribution in [0, 0.1) is 0 Å². The zero-order valence-electron chi connectivity index (χ0n) is 11.7. The highest BCUT2D eigenvalue weighted by molar-refractivity contribution is 6.07. The van der Waals surface area contributed by atoms with Gasteiger partial charge in [0.1, 0.15) is 5.82 Å². The number of carbonyl (C=O) groups excluding carboxylic acids is 1. The minimum atomic E-state index is -0.139. The number of hydrogen-bond donors (Lipinski definition) is 2. The highest BCUT2D eigenvalue weighted by Gasteiger charge is 2.21. The average molecular weight is 273 g/mol. The summed E-state index contributed by atoms with van der Waals surface area (Å²) in [5, 5.41) is 9.89. The molecule has 3 N–H and O–H groups in total. The van der Waals surface area contributed by atoms with E-state index in [4.69, 9.17) is 10.8 Å². The minimum absolute atomic E-state index is 0.00259. The molecule has 5 nitrogen and oxygen atoms in total. The maximum absolute atomic E-state index is 12.7. The molecule has 2 aromatic rings. The first-order valence-electron chi connectivity index (χ1n) is 6.61. The zero-order valence-corrected chi connectivity index (χ0v) is 11.7. The predicted molar refractivity (Wildman–Crippen MR) is 79.4 cm³/mol. The second-order valence-corrected chi connectivity index (χ2v) is 4.93. The summed E-state index contributed by atoms with van der Waals surface area (Å²) in [7, 11) is 0. The third-order valence-corrected chi connectivity index (χ3v) is 3.19. The molecule has 106 valence electrons. The van der Waals surface area contributed by atoms with Gasteiger partial charge in [0.05, 0.1) is 17.7 Å². The molecule has 0 saturated heterocycles. The highest BCUT2D eigenvalue weighted by atomic mass is 16.3. The predicted octanol–water partition coefficient (Wildman–Crippen LogP) is 1.66. The lowest BCUT2D eigenvalue weighted by molar-refractivity contribution is 0.0667. The van der Waals surface area contributed by atoms with Crippen molar-refractivity contribution < 1.29 is 9.90 Å². The molecule has 0 atom stereocenters. The molecular formula is C15H19N3O2. The van der Waals surface area contributed by atoms with Crippen LogP contribution < -0.4 is 5.73 Å². The summed E-state index contributed by atoms with van der Waals surface area (Å²) in [6, 6.07) is 9.00. The maximum atomic E-state index is 12.7. The standard InChI is InChI=1S/C15H19N3O2/c1-10(2)18(7-8-19)15(20)12-9-14(16)17-13-6-4-3-5-11(12)13/h3-6,9-10,19H,7-8H2,1-2H3,(H2,16,17). The fraction of sp³-hybridized carbons (Fsp3) is 0.333. The number of pyridine rings is 1. The number of nitrogen functional groups attached to an aromatic ring is 1. The summed E-state index contributed by atoms with van der Waals surface area (Å²) in [6.45, 7) is 4.07. The van der Waals surface area contributed by atoms with Crippen molar-refractivity contribution in [3.05, 3.63) is 35.9 Å². The van der Waals surface area contributed by atoms with Gasteiger partial charge in [0.15, 0.2) is 0 Å². The first kappa shape index (κ1) is 14.3. The molecule has 5 heteroatoms. The van der Waals surface area contributed by atoms with Crippen molar-refractivity contribution >= 4 is 22.6 Å². The smallest absolute Gasteiger partial charge is 0.254 e. The number of nitrogens with two attached hydrogens (primary N) is 1. The summed E-state index contributed by atoms with van der Waals surface area (Å²) in [6.07, 6.45) is 0. The molecule has 20 heavy (non-hydrogen) atoms. The topological polar surface area (TPSA) is 79.5 Å². The molecular weight excluding hydrogens is 254 g/mol. The number of amides is 1. The van der Waals surface area contributed by atoms with Crippen LogP contribution in [0.2, 0.25) is 0 Å². The van der Waals surface area contributed by atoms with E-state index < -0.39 is 0 Å². The van der Waals surface area contributed by atoms with Crippen molar-refractivity contribution in [3.8, 4) is 0 Å². The number of rotatable bonds is 4. The van der Waals surface area contributed by atoms with Crippen LogP contribution in [-0.2, 0) is 0 Å². The number of anilines is 1. The molecule has 1 heterocycles. The van der Waals surface area contributed by atoms with Crippen molar-refractivity contribution in [2.24, 2.45) is 0 Å². The molecule has 2 rings (SSSR count). The number of benzene rings is 1. The van der Waals surface area contributed by atoms with Gasteiger partial charge in [0, 0.05) is 18.0 Å². The summed E-state index contributed by atoms with van der Waals surface area (Å²) >= 11 is 0. The molecule has 1 aromatic carbocycles. The van der Waals surface area contributed by atoms with Crippen LogP contribution in [0.3, 0.4) is 0 Å². The normalized spacial score (nSPS) is 11.0. The first-order chi connectivity index (χ1) is 9.54. The molecule has 0 fully saturated rings. The van der Waals surface area contributed by atoms with E-state index in [2.05, 4.69) is 4.98 Å². The van der Waals surface area contributed by atoms with Gasteiger partial charge in [-0.3, -0.25) is 4.79 Å². The third-order valence-electron chi connectivity index (χ3n) is 3.19. The number of carbonyl (C=O) groups is 1. The lowest BCUT2D eigenvalue weighted by Crippen LogP contribution is -2.39. The van der Waals surface area contributed by atoms with E-state index in [0.717, 1.165) is 5.39 Å². The highest BCUT2D eigenvalue weighted by Crippen LogP contribution is 2.21. The molecule has 0 radical (unpaired) electrons. The molecule has 0 aliphatic carbocycles. The average Bonchev–Trinajstić information content (AvgIpc) is 2.42. The van der Waals surface area contributed by atoms with Gasteiger partial charge in [0.25, 0.3) is 5.91 Å². The lowest BCUT2D eigenvalue weighted by Gasteiger charge is -2.26. The van der Waals surface area contributed by atoms with E-state index in [-0.39, 0.29) is 18.6 Å². The van der Waals surface area contributed by atoms with Crippen LogP contribution in [0.25, 0.3) is 10.9 Å². The second kappa shape index (κ2) is 5.88. The number of hydrogen-bond acceptors (Lipinski definition) is 4. The molecule has 1 amide bonds. The van der Waals surface area contributed by atoms with Crippen molar-refractivity contribution in [2.75, 3.05) is 18.9 Å². The SMILES string of the molecule is CC(C)N(CCO)C(=O)c1cc(N)nc2ccccc12. The lowest BCUT2D eigenvalue weighted by atomic mass is 10.1. The number of para-hydroxylation sites is 1. The van der Waals surface area contributed by atoms with Crippen LogP contribution in [0.5, 0.6) is 0 Å². The Bertz CT molecular complexity index is 626. The molecule has 0 unspecified atom stereocenters. The van der Waals surface area contributed by atoms with Crippen LogP contribution in [0.15, 0.2) is 30.3 Å². The maximum Gasteiger partial charge on any atom is 0.254 e. The number of fused-ring (bicyclic) bond motifs is 1. The molecule has 0 bridgehead atoms. The van der Waals surface area contributed by atoms with E-state index in [1.807, 2.05) is 38.1 Å². The van der Waals surface area contributed by atoms with Crippen LogP contribution in [0.4, 0.5) is 5.82 Å². The summed E-state index contributed by atoms with van der Waals surface area (Å²) < 4.78 is 0. The molecule has 0 aliphatic rings. The minimum Gasteiger partial charge on any atom is -0.395 e. The molecule has 0 aliphatic heterocycles. The van der Waals surface area contributed by atoms with Crippen molar-refractivity contribution in [2.45, 2.75) is 19.9 Å². The summed E-state index contributed by atoms with van der Waals surface area (Å²) in [4.78, 5) is 18.5. The third kappa shape index (κ3) is 2.72. The van der Waals surface area contributed by atoms with Gasteiger partial charge < -0.3 is 15.7 Å². The largest absolute Gasteiger partial charge is 0.395 e. The number of aromatic nitrogens is 1. The van der Waals surface area contributed by atoms with Gasteiger partial charge in [0.2, 0.25) is 0 Å². The van der Waals surface area contributed by atoms with Crippen molar-refractivity contribution in [1.82, 2.24) is 9.88 Å². The van der Waals surface area contributed by atoms with Gasteiger partial charge in [-0.2, -0.15) is 0 Å². The van der Waals surface area contributed by atoms with Gasteiger partial charge >= 0.3 is 0 Å². The Morgan fingerprint density at radius 3 is 2.75 bits per heavy atom. The Labute approximate surface area is 118 Å². The quantitative estimate of drug-likeness (QED) is 0.888. The number of nitrogens with zero attached hydrogens (tertiary/aromatic N) is 2. The summed E-state index contributed by atoms with van der Waals surface area (Å²) in [5.41, 5.74) is 7.00. The second-order valence-electron chi connectivity index (χ2n) is 4.93. The van der Waals surface area contributed by atoms with Gasteiger partial charge in [-0.15, -0.1) is 0 Å².